The second-order valence-electron chi connectivity index (χ2n) is 4.08. The number of carbonyl (C=O) groups is 1. The van der Waals surface area contributed by atoms with Gasteiger partial charge in [-0.05, 0) is 30.3 Å². The minimum Gasteiger partial charge on any atom is -0.449 e. The number of benzene rings is 1. The van der Waals surface area contributed by atoms with Crippen LogP contribution in [0.3, 0.4) is 0 Å². The molecule has 3 aromatic rings. The molecule has 6 heteroatoms. The average Bonchev–Trinajstić information content (AvgIpc) is 2.87. The van der Waals surface area contributed by atoms with Gasteiger partial charge in [0.15, 0.2) is 11.3 Å². The number of nitrogens with one attached hydrogen (secondary N) is 1. The van der Waals surface area contributed by atoms with Gasteiger partial charge in [-0.2, -0.15) is 0 Å². The van der Waals surface area contributed by atoms with Gasteiger partial charge in [0.25, 0.3) is 5.91 Å². The molecule has 0 aliphatic rings. The predicted octanol–water partition coefficient (Wildman–Crippen LogP) is 3.87. The molecule has 0 aliphatic heterocycles. The van der Waals surface area contributed by atoms with Crippen LogP contribution >= 0.6 is 11.6 Å². The maximum Gasteiger partial charge on any atom is 0.291 e. The van der Waals surface area contributed by atoms with Crippen molar-refractivity contribution >= 4 is 34.3 Å². The molecule has 0 saturated carbocycles. The van der Waals surface area contributed by atoms with E-state index in [0.29, 0.717) is 16.8 Å². The smallest absolute Gasteiger partial charge is 0.291 e. The average molecular weight is 291 g/mol. The Kier molecular flexibility index (Phi) is 3.12. The van der Waals surface area contributed by atoms with Gasteiger partial charge in [0.05, 0.1) is 5.02 Å². The number of fused-ring (bicyclic) bond motifs is 1. The van der Waals surface area contributed by atoms with E-state index < -0.39 is 11.7 Å². The number of furan rings is 1. The first-order chi connectivity index (χ1) is 9.63. The SMILES string of the molecule is O=C(Nc1ccc(F)c(Cl)c1)c1cc2ncccc2o1. The van der Waals surface area contributed by atoms with E-state index in [9.17, 15) is 9.18 Å². The number of rotatable bonds is 2. The fourth-order valence-corrected chi connectivity index (χ4v) is 1.93. The lowest BCUT2D eigenvalue weighted by atomic mass is 10.3. The Hall–Kier alpha value is -2.40. The quantitative estimate of drug-likeness (QED) is 0.779. The summed E-state index contributed by atoms with van der Waals surface area (Å²) in [6.07, 6.45) is 1.61. The van der Waals surface area contributed by atoms with Gasteiger partial charge in [0.1, 0.15) is 11.3 Å². The third-order valence-corrected chi connectivity index (χ3v) is 2.98. The number of amides is 1. The van der Waals surface area contributed by atoms with Crippen LogP contribution in [-0.4, -0.2) is 10.9 Å². The van der Waals surface area contributed by atoms with E-state index in [-0.39, 0.29) is 10.8 Å². The van der Waals surface area contributed by atoms with Crippen LogP contribution in [0.5, 0.6) is 0 Å². The van der Waals surface area contributed by atoms with Crippen LogP contribution < -0.4 is 5.32 Å². The zero-order valence-electron chi connectivity index (χ0n) is 10.1. The van der Waals surface area contributed by atoms with Crippen LogP contribution in [0, 0.1) is 5.82 Å². The highest BCUT2D eigenvalue weighted by atomic mass is 35.5. The van der Waals surface area contributed by atoms with Gasteiger partial charge in [-0.3, -0.25) is 9.78 Å². The van der Waals surface area contributed by atoms with E-state index in [1.54, 1.807) is 18.3 Å². The second kappa shape index (κ2) is 4.94. The van der Waals surface area contributed by atoms with Gasteiger partial charge < -0.3 is 9.73 Å². The van der Waals surface area contributed by atoms with Crippen molar-refractivity contribution in [3.8, 4) is 0 Å². The molecular formula is C14H8ClFN2O2. The van der Waals surface area contributed by atoms with Crippen molar-refractivity contribution < 1.29 is 13.6 Å². The van der Waals surface area contributed by atoms with Gasteiger partial charge in [-0.1, -0.05) is 11.6 Å². The van der Waals surface area contributed by atoms with Crippen molar-refractivity contribution in [2.45, 2.75) is 0 Å². The Balaban J connectivity index is 1.86. The second-order valence-corrected chi connectivity index (χ2v) is 4.49. The molecule has 4 nitrogen and oxygen atoms in total. The molecule has 100 valence electrons. The molecule has 2 aromatic heterocycles. The Bertz CT molecular complexity index is 768. The number of anilines is 1. The predicted molar refractivity (Wildman–Crippen MR) is 73.4 cm³/mol. The van der Waals surface area contributed by atoms with Crippen molar-refractivity contribution in [1.82, 2.24) is 4.98 Å². The van der Waals surface area contributed by atoms with Gasteiger partial charge in [0, 0.05) is 18.0 Å². The Morgan fingerprint density at radius 3 is 2.90 bits per heavy atom. The lowest BCUT2D eigenvalue weighted by Gasteiger charge is -2.03. The van der Waals surface area contributed by atoms with E-state index in [0.717, 1.165) is 0 Å². The molecule has 0 unspecified atom stereocenters. The number of hydrogen-bond donors (Lipinski definition) is 1. The molecule has 1 N–H and O–H groups in total. The highest BCUT2D eigenvalue weighted by Crippen LogP contribution is 2.21. The fraction of sp³-hybridized carbons (Fsp3) is 0. The van der Waals surface area contributed by atoms with Crippen LogP contribution in [0.25, 0.3) is 11.1 Å². The molecule has 20 heavy (non-hydrogen) atoms. The summed E-state index contributed by atoms with van der Waals surface area (Å²) < 4.78 is 18.4. The summed E-state index contributed by atoms with van der Waals surface area (Å²) >= 11 is 5.65. The van der Waals surface area contributed by atoms with E-state index in [1.165, 1.54) is 24.3 Å². The summed E-state index contributed by atoms with van der Waals surface area (Å²) in [4.78, 5) is 16.1. The van der Waals surface area contributed by atoms with Gasteiger partial charge in [-0.15, -0.1) is 0 Å². The number of halogens is 2. The highest BCUT2D eigenvalue weighted by Gasteiger charge is 2.13. The minimum absolute atomic E-state index is 0.0610. The number of pyridine rings is 1. The first kappa shape index (κ1) is 12.6. The van der Waals surface area contributed by atoms with Crippen LogP contribution in [0.1, 0.15) is 10.6 Å². The minimum atomic E-state index is -0.544. The Labute approximate surface area is 118 Å². The van der Waals surface area contributed by atoms with Crippen LogP contribution in [0.4, 0.5) is 10.1 Å². The molecule has 1 aromatic carbocycles. The molecule has 0 aliphatic carbocycles. The summed E-state index contributed by atoms with van der Waals surface area (Å²) in [5, 5.41) is 2.51. The molecule has 0 fully saturated rings. The van der Waals surface area contributed by atoms with Crippen molar-refractivity contribution in [1.29, 1.82) is 0 Å². The maximum absolute atomic E-state index is 13.0. The summed E-state index contributed by atoms with van der Waals surface area (Å²) in [5.74, 6) is -0.873. The third kappa shape index (κ3) is 2.35. The number of nitrogens with zero attached hydrogens (tertiary/aromatic N) is 1. The largest absolute Gasteiger partial charge is 0.449 e. The normalized spacial score (nSPS) is 10.7. The van der Waals surface area contributed by atoms with E-state index >= 15 is 0 Å². The molecule has 0 atom stereocenters. The summed E-state index contributed by atoms with van der Waals surface area (Å²) in [6, 6.07) is 8.89. The molecule has 3 rings (SSSR count). The van der Waals surface area contributed by atoms with Gasteiger partial charge in [0.2, 0.25) is 0 Å². The molecule has 2 heterocycles. The van der Waals surface area contributed by atoms with Crippen LogP contribution in [0.15, 0.2) is 47.0 Å². The topological polar surface area (TPSA) is 55.1 Å². The summed E-state index contributed by atoms with van der Waals surface area (Å²) in [5.41, 5.74) is 1.50. The third-order valence-electron chi connectivity index (χ3n) is 2.69. The monoisotopic (exact) mass is 290 g/mol. The standard InChI is InChI=1S/C14H8ClFN2O2/c15-9-6-8(3-4-10(9)16)18-14(19)13-7-11-12(20-13)2-1-5-17-11/h1-7H,(H,18,19). The zero-order chi connectivity index (χ0) is 14.1. The van der Waals surface area contributed by atoms with Crippen LogP contribution in [0.2, 0.25) is 5.02 Å². The Morgan fingerprint density at radius 2 is 2.15 bits per heavy atom. The van der Waals surface area contributed by atoms with Crippen LogP contribution in [-0.2, 0) is 0 Å². The number of hydrogen-bond acceptors (Lipinski definition) is 3. The van der Waals surface area contributed by atoms with Crippen molar-refractivity contribution in [3.63, 3.8) is 0 Å². The van der Waals surface area contributed by atoms with E-state index in [4.69, 9.17) is 16.0 Å². The highest BCUT2D eigenvalue weighted by molar-refractivity contribution is 6.31. The molecule has 1 amide bonds. The van der Waals surface area contributed by atoms with E-state index in [2.05, 4.69) is 10.3 Å². The van der Waals surface area contributed by atoms with Crippen molar-refractivity contribution in [3.05, 3.63) is 59.2 Å². The fourth-order valence-electron chi connectivity index (χ4n) is 1.75. The molecule has 0 bridgehead atoms. The number of carbonyl (C=O) groups excluding carboxylic acids is 1. The van der Waals surface area contributed by atoms with Crippen molar-refractivity contribution in [2.24, 2.45) is 0 Å². The maximum atomic E-state index is 13.0. The Morgan fingerprint density at radius 1 is 1.30 bits per heavy atom. The van der Waals surface area contributed by atoms with Gasteiger partial charge in [-0.25, -0.2) is 4.39 Å². The first-order valence-corrected chi connectivity index (χ1v) is 6.12. The molecule has 0 saturated heterocycles. The van der Waals surface area contributed by atoms with E-state index in [1.807, 2.05) is 0 Å². The van der Waals surface area contributed by atoms with Gasteiger partial charge >= 0.3 is 0 Å². The van der Waals surface area contributed by atoms with Crippen molar-refractivity contribution in [2.75, 3.05) is 5.32 Å². The summed E-state index contributed by atoms with van der Waals surface area (Å²) in [6.45, 7) is 0. The lowest BCUT2D eigenvalue weighted by molar-refractivity contribution is 0.0998. The molecule has 0 spiro atoms. The number of aromatic nitrogens is 1. The molecule has 0 radical (unpaired) electrons. The lowest BCUT2D eigenvalue weighted by Crippen LogP contribution is -2.10. The first-order valence-electron chi connectivity index (χ1n) is 5.74. The summed E-state index contributed by atoms with van der Waals surface area (Å²) in [7, 11) is 0. The molecular weight excluding hydrogens is 283 g/mol. The zero-order valence-corrected chi connectivity index (χ0v) is 10.8.